The van der Waals surface area contributed by atoms with Crippen LogP contribution in [0.5, 0.6) is 0 Å². The highest BCUT2D eigenvalue weighted by atomic mass is 16.5. The number of amides is 4. The van der Waals surface area contributed by atoms with Gasteiger partial charge in [0.15, 0.2) is 5.65 Å². The van der Waals surface area contributed by atoms with E-state index in [4.69, 9.17) is 24.4 Å². The minimum Gasteiger partial charge on any atom is -0.453 e. The lowest BCUT2D eigenvalue weighted by molar-refractivity contribution is -0.134. The van der Waals surface area contributed by atoms with Crippen LogP contribution < -0.4 is 10.6 Å². The number of hydrogen-bond donors (Lipinski definition) is 4. The molecule has 0 radical (unpaired) electrons. The van der Waals surface area contributed by atoms with Crippen molar-refractivity contribution in [1.29, 1.82) is 0 Å². The van der Waals surface area contributed by atoms with Gasteiger partial charge in [0, 0.05) is 24.2 Å². The molecular weight excluding hydrogens is 787 g/mol. The zero-order valence-corrected chi connectivity index (χ0v) is 34.7. The van der Waals surface area contributed by atoms with E-state index in [1.807, 2.05) is 65.8 Å². The molecule has 15 nitrogen and oxygen atoms in total. The first kappa shape index (κ1) is 40.4. The maximum atomic E-state index is 14.0. The van der Waals surface area contributed by atoms with E-state index in [9.17, 15) is 19.2 Å². The Morgan fingerprint density at radius 1 is 0.694 bits per heavy atom. The molecule has 4 N–H and O–H groups in total. The lowest BCUT2D eigenvalue weighted by Gasteiger charge is -2.29. The molecule has 318 valence electrons. The molecule has 5 heterocycles. The van der Waals surface area contributed by atoms with Gasteiger partial charge < -0.3 is 39.9 Å². The largest absolute Gasteiger partial charge is 0.453 e. The van der Waals surface area contributed by atoms with Gasteiger partial charge in [0.05, 0.1) is 49.4 Å². The fourth-order valence-electron chi connectivity index (χ4n) is 9.10. The summed E-state index contributed by atoms with van der Waals surface area (Å²) in [7, 11) is 2.59. The standard InChI is InChI=1S/C47H49N9O6/c1-61-46(59)52-39(28-11-5-3-6-12-28)44(57)55-23-9-15-37(55)42-48-27-36(51-42)33-20-18-30-25-32(19-17-31(30)26-33)34-21-22-35-41(49-34)54-43(50-35)38-16-10-24-56(38)45(58)40(53-47(60)62-2)29-13-7-4-8-14-29/h3-5,7,12,14,17-22,25-27,37-40H,6,8-11,13,15-16,23-24H2,1-2H3,(H,48,51)(H,52,59)(H,53,60)(H,49,50,54). The van der Waals surface area contributed by atoms with Gasteiger partial charge in [-0.05, 0) is 97.6 Å². The molecule has 2 aliphatic carbocycles. The van der Waals surface area contributed by atoms with E-state index in [0.717, 1.165) is 75.6 Å². The summed E-state index contributed by atoms with van der Waals surface area (Å²) < 4.78 is 9.73. The normalized spacial score (nSPS) is 19.6. The van der Waals surface area contributed by atoms with Crippen molar-refractivity contribution in [3.63, 3.8) is 0 Å². The van der Waals surface area contributed by atoms with Crippen LogP contribution in [0.2, 0.25) is 0 Å². The molecule has 5 aromatic rings. The lowest BCUT2D eigenvalue weighted by atomic mass is 9.97. The first-order valence-electron chi connectivity index (χ1n) is 21.2. The summed E-state index contributed by atoms with van der Waals surface area (Å²) in [5, 5.41) is 7.62. The number of pyridine rings is 1. The number of alkyl carbamates (subject to hydrolysis) is 2. The Balaban J connectivity index is 0.908. The van der Waals surface area contributed by atoms with Crippen molar-refractivity contribution in [3.8, 4) is 22.5 Å². The Labute approximate surface area is 358 Å². The van der Waals surface area contributed by atoms with Gasteiger partial charge in [0.2, 0.25) is 11.8 Å². The molecule has 62 heavy (non-hydrogen) atoms. The van der Waals surface area contributed by atoms with E-state index >= 15 is 0 Å². The van der Waals surface area contributed by atoms with Crippen molar-refractivity contribution in [1.82, 2.24) is 45.4 Å². The van der Waals surface area contributed by atoms with Crippen molar-refractivity contribution in [3.05, 3.63) is 114 Å². The second-order valence-corrected chi connectivity index (χ2v) is 16.0. The second-order valence-electron chi connectivity index (χ2n) is 16.0. The monoisotopic (exact) mass is 835 g/mol. The van der Waals surface area contributed by atoms with Gasteiger partial charge in [-0.15, -0.1) is 0 Å². The first-order chi connectivity index (χ1) is 30.3. The molecule has 4 atom stereocenters. The van der Waals surface area contributed by atoms with Crippen molar-refractivity contribution >= 4 is 45.9 Å². The van der Waals surface area contributed by atoms with E-state index in [0.29, 0.717) is 56.1 Å². The summed E-state index contributed by atoms with van der Waals surface area (Å²) in [5.74, 6) is 1.03. The number of allylic oxidation sites excluding steroid dienone is 6. The number of ether oxygens (including phenoxy) is 2. The van der Waals surface area contributed by atoms with Crippen molar-refractivity contribution in [2.75, 3.05) is 27.3 Å². The third-order valence-electron chi connectivity index (χ3n) is 12.3. The number of hydrogen-bond acceptors (Lipinski definition) is 9. The Bertz CT molecular complexity index is 2680. The average Bonchev–Trinajstić information content (AvgIpc) is 4.16. The molecule has 2 aliphatic heterocycles. The smallest absolute Gasteiger partial charge is 0.407 e. The summed E-state index contributed by atoms with van der Waals surface area (Å²) in [5.41, 5.74) is 6.56. The van der Waals surface area contributed by atoms with Crippen LogP contribution in [0.4, 0.5) is 9.59 Å². The van der Waals surface area contributed by atoms with Crippen LogP contribution in [0.25, 0.3) is 44.5 Å². The number of carbonyl (C=O) groups is 4. The number of aromatic amines is 2. The molecule has 4 aliphatic rings. The highest BCUT2D eigenvalue weighted by Crippen LogP contribution is 2.36. The number of aromatic nitrogens is 5. The number of nitrogens with zero attached hydrogens (tertiary/aromatic N) is 5. The van der Waals surface area contributed by atoms with Crippen LogP contribution in [0, 0.1) is 0 Å². The van der Waals surface area contributed by atoms with Crippen LogP contribution >= 0.6 is 0 Å². The van der Waals surface area contributed by atoms with Gasteiger partial charge in [0.25, 0.3) is 0 Å². The summed E-state index contributed by atoms with van der Waals surface area (Å²) in [6.45, 7) is 1.12. The number of imidazole rings is 2. The molecule has 2 aromatic carbocycles. The van der Waals surface area contributed by atoms with E-state index in [2.05, 4.69) is 50.9 Å². The first-order valence-corrected chi connectivity index (χ1v) is 21.2. The summed E-state index contributed by atoms with van der Waals surface area (Å²) in [6.07, 6.45) is 18.3. The van der Waals surface area contributed by atoms with E-state index < -0.39 is 24.3 Å². The predicted octanol–water partition coefficient (Wildman–Crippen LogP) is 7.50. The van der Waals surface area contributed by atoms with Crippen LogP contribution in [0.15, 0.2) is 102 Å². The van der Waals surface area contributed by atoms with Crippen LogP contribution in [-0.2, 0) is 19.1 Å². The minimum absolute atomic E-state index is 0.168. The summed E-state index contributed by atoms with van der Waals surface area (Å²) in [6, 6.07) is 14.3. The van der Waals surface area contributed by atoms with Gasteiger partial charge in [-0.3, -0.25) is 9.59 Å². The highest BCUT2D eigenvalue weighted by molar-refractivity contribution is 5.92. The number of likely N-dealkylation sites (tertiary alicyclic amines) is 2. The Hall–Kier alpha value is -7.03. The van der Waals surface area contributed by atoms with E-state index in [1.165, 1.54) is 14.2 Å². The third-order valence-corrected chi connectivity index (χ3v) is 12.3. The predicted molar refractivity (Wildman–Crippen MR) is 233 cm³/mol. The number of rotatable bonds is 10. The van der Waals surface area contributed by atoms with Gasteiger partial charge in [-0.1, -0.05) is 60.7 Å². The molecule has 4 unspecified atom stereocenters. The minimum atomic E-state index is -0.817. The Morgan fingerprint density at radius 3 is 1.85 bits per heavy atom. The summed E-state index contributed by atoms with van der Waals surface area (Å²) in [4.78, 5) is 77.7. The molecule has 2 saturated heterocycles. The van der Waals surface area contributed by atoms with Crippen molar-refractivity contribution in [2.24, 2.45) is 0 Å². The second kappa shape index (κ2) is 17.5. The average molecular weight is 836 g/mol. The molecule has 4 amide bonds. The van der Waals surface area contributed by atoms with Gasteiger partial charge in [0.1, 0.15) is 23.7 Å². The topological polar surface area (TPSA) is 188 Å². The SMILES string of the molecule is COC(=O)NC(C(=O)N1CCCC1c1ncc(-c2ccc3cc(-c4ccc5[nH]c(C6CCCN6C(=O)C(NC(=O)OC)C6=CCC=CC6)nc5n4)ccc3c2)[nH]1)C1=CCC=CC1. The molecule has 0 bridgehead atoms. The number of benzene rings is 2. The van der Waals surface area contributed by atoms with Gasteiger partial charge in [-0.25, -0.2) is 24.5 Å². The number of methoxy groups -OCH3 is 2. The highest BCUT2D eigenvalue weighted by Gasteiger charge is 2.39. The zero-order chi connectivity index (χ0) is 42.7. The van der Waals surface area contributed by atoms with Gasteiger partial charge >= 0.3 is 12.2 Å². The van der Waals surface area contributed by atoms with E-state index in [-0.39, 0.29) is 23.9 Å². The molecule has 0 spiro atoms. The quantitative estimate of drug-likeness (QED) is 0.103. The maximum Gasteiger partial charge on any atom is 0.407 e. The van der Waals surface area contributed by atoms with E-state index in [1.54, 1.807) is 4.90 Å². The van der Waals surface area contributed by atoms with Crippen LogP contribution in [0.1, 0.15) is 75.1 Å². The van der Waals surface area contributed by atoms with Crippen molar-refractivity contribution < 1.29 is 28.7 Å². The molecule has 9 rings (SSSR count). The molecule has 2 fully saturated rings. The molecule has 0 saturated carbocycles. The maximum absolute atomic E-state index is 14.0. The van der Waals surface area contributed by atoms with Crippen molar-refractivity contribution in [2.45, 2.75) is 75.5 Å². The third kappa shape index (κ3) is 8.09. The number of H-pyrrole nitrogens is 2. The molecule has 3 aromatic heterocycles. The number of nitrogens with one attached hydrogen (secondary N) is 4. The van der Waals surface area contributed by atoms with Crippen LogP contribution in [-0.4, -0.2) is 98.1 Å². The Morgan fingerprint density at radius 2 is 1.27 bits per heavy atom. The number of fused-ring (bicyclic) bond motifs is 2. The fraction of sp³-hybridized carbons (Fsp3) is 0.340. The number of carbonyl (C=O) groups excluding carboxylic acids is 4. The molecular formula is C47H49N9O6. The Kier molecular flexibility index (Phi) is 11.4. The summed E-state index contributed by atoms with van der Waals surface area (Å²) >= 11 is 0. The molecule has 15 heteroatoms. The lowest BCUT2D eigenvalue weighted by Crippen LogP contribution is -2.49. The fourth-order valence-corrected chi connectivity index (χ4v) is 9.10. The zero-order valence-electron chi connectivity index (χ0n) is 34.7. The van der Waals surface area contributed by atoms with Crippen LogP contribution in [0.3, 0.4) is 0 Å². The van der Waals surface area contributed by atoms with Gasteiger partial charge in [-0.2, -0.15) is 0 Å².